The van der Waals surface area contributed by atoms with E-state index in [1.165, 1.54) is 16.9 Å². The van der Waals surface area contributed by atoms with Gasteiger partial charge >= 0.3 is 57.8 Å². The van der Waals surface area contributed by atoms with Gasteiger partial charge in [0.2, 0.25) is 0 Å². The molecule has 0 aliphatic heterocycles. The first-order chi connectivity index (χ1) is 3.55. The average molecular weight is 180 g/mol. The zero-order valence-electron chi connectivity index (χ0n) is 5.20. The van der Waals surface area contributed by atoms with E-state index in [4.69, 9.17) is 10.2 Å². The van der Waals surface area contributed by atoms with E-state index < -0.39 is 0 Å². The van der Waals surface area contributed by atoms with Crippen molar-refractivity contribution >= 4 is 16.9 Å². The van der Waals surface area contributed by atoms with Crippen molar-refractivity contribution in [2.45, 2.75) is 30.8 Å². The molecule has 3 atom stereocenters. The van der Waals surface area contributed by atoms with Crippen LogP contribution in [0.3, 0.4) is 0 Å². The Morgan fingerprint density at radius 3 is 1.38 bits per heavy atom. The standard InChI is InChI=1S/C5H13AsO2/c1-3(7)5(6)4(2)8/h3-5,7-8H,6H2,1-2H3. The van der Waals surface area contributed by atoms with Crippen molar-refractivity contribution in [3.8, 4) is 0 Å². The molecule has 0 fully saturated rings. The van der Waals surface area contributed by atoms with E-state index in [0.29, 0.717) is 0 Å². The molecule has 0 saturated carbocycles. The summed E-state index contributed by atoms with van der Waals surface area (Å²) in [5, 5.41) is 17.7. The fourth-order valence-corrected chi connectivity index (χ4v) is 0.403. The van der Waals surface area contributed by atoms with Crippen LogP contribution in [0.4, 0.5) is 0 Å². The van der Waals surface area contributed by atoms with Crippen LogP contribution in [-0.2, 0) is 0 Å². The molecule has 0 radical (unpaired) electrons. The van der Waals surface area contributed by atoms with Crippen molar-refractivity contribution < 1.29 is 10.2 Å². The molecule has 0 aromatic carbocycles. The molecule has 0 aromatic rings. The Morgan fingerprint density at radius 2 is 1.38 bits per heavy atom. The van der Waals surface area contributed by atoms with Gasteiger partial charge in [-0.25, -0.2) is 0 Å². The molecule has 8 heavy (non-hydrogen) atoms. The topological polar surface area (TPSA) is 40.5 Å². The predicted octanol–water partition coefficient (Wildman–Crippen LogP) is -0.830. The van der Waals surface area contributed by atoms with Crippen molar-refractivity contribution in [3.63, 3.8) is 0 Å². The third kappa shape index (κ3) is 2.70. The van der Waals surface area contributed by atoms with Crippen LogP contribution in [0.15, 0.2) is 0 Å². The molecule has 2 nitrogen and oxygen atoms in total. The molecule has 0 aliphatic carbocycles. The summed E-state index contributed by atoms with van der Waals surface area (Å²) in [4.78, 5) is 0. The van der Waals surface area contributed by atoms with Crippen LogP contribution >= 0.6 is 0 Å². The van der Waals surface area contributed by atoms with E-state index >= 15 is 0 Å². The SMILES string of the molecule is CC(O)C([AsH2])C(C)O. The van der Waals surface area contributed by atoms with Crippen LogP contribution in [0.2, 0.25) is 4.71 Å². The Balaban J connectivity index is 3.46. The maximum absolute atomic E-state index is 8.85. The van der Waals surface area contributed by atoms with Crippen LogP contribution in [0.25, 0.3) is 0 Å². The fourth-order valence-electron chi connectivity index (χ4n) is 0.403. The summed E-state index contributed by atoms with van der Waals surface area (Å²) in [7, 11) is 0. The van der Waals surface area contributed by atoms with Gasteiger partial charge in [0.15, 0.2) is 0 Å². The van der Waals surface area contributed by atoms with E-state index in [-0.39, 0.29) is 16.9 Å². The number of aliphatic hydroxyl groups is 2. The summed E-state index contributed by atoms with van der Waals surface area (Å²) in [6.07, 6.45) is -0.759. The van der Waals surface area contributed by atoms with E-state index in [2.05, 4.69) is 0 Å². The monoisotopic (exact) mass is 180 g/mol. The van der Waals surface area contributed by atoms with Crippen LogP contribution in [0.5, 0.6) is 0 Å². The summed E-state index contributed by atoms with van der Waals surface area (Å²) < 4.78 is 0.0440. The van der Waals surface area contributed by atoms with Crippen LogP contribution in [0, 0.1) is 0 Å². The molecular formula is C5H13AsO2. The molecular weight excluding hydrogens is 167 g/mol. The summed E-state index contributed by atoms with van der Waals surface area (Å²) in [6.45, 7) is 3.39. The van der Waals surface area contributed by atoms with Gasteiger partial charge in [-0.15, -0.1) is 0 Å². The van der Waals surface area contributed by atoms with E-state index in [1.54, 1.807) is 13.8 Å². The van der Waals surface area contributed by atoms with Crippen molar-refractivity contribution in [2.75, 3.05) is 0 Å². The molecule has 0 aliphatic rings. The molecule has 0 saturated heterocycles. The van der Waals surface area contributed by atoms with Crippen molar-refractivity contribution in [2.24, 2.45) is 0 Å². The van der Waals surface area contributed by atoms with Gasteiger partial charge in [0, 0.05) is 0 Å². The Labute approximate surface area is 58.4 Å². The molecule has 0 bridgehead atoms. The van der Waals surface area contributed by atoms with Gasteiger partial charge in [-0.3, -0.25) is 0 Å². The van der Waals surface area contributed by atoms with Gasteiger partial charge < -0.3 is 0 Å². The second kappa shape index (κ2) is 3.49. The maximum atomic E-state index is 8.85. The second-order valence-corrected chi connectivity index (χ2v) is 3.67. The van der Waals surface area contributed by atoms with E-state index in [1.807, 2.05) is 0 Å². The third-order valence-corrected chi connectivity index (χ3v) is 3.45. The molecule has 0 spiro atoms. The van der Waals surface area contributed by atoms with Crippen LogP contribution in [-0.4, -0.2) is 39.3 Å². The van der Waals surface area contributed by atoms with Crippen LogP contribution < -0.4 is 0 Å². The van der Waals surface area contributed by atoms with Crippen molar-refractivity contribution in [3.05, 3.63) is 0 Å². The Hall–Kier alpha value is 0.478. The van der Waals surface area contributed by atoms with Gasteiger partial charge in [0.05, 0.1) is 0 Å². The number of aliphatic hydroxyl groups excluding tert-OH is 2. The molecule has 50 valence electrons. The average Bonchev–Trinajstić information content (AvgIpc) is 1.64. The summed E-state index contributed by atoms with van der Waals surface area (Å²) >= 11 is 1.38. The zero-order valence-corrected chi connectivity index (χ0v) is 7.63. The Kier molecular flexibility index (Phi) is 3.70. The van der Waals surface area contributed by atoms with Gasteiger partial charge in [0.25, 0.3) is 0 Å². The van der Waals surface area contributed by atoms with Crippen molar-refractivity contribution in [1.82, 2.24) is 0 Å². The molecule has 3 unspecified atom stereocenters. The second-order valence-electron chi connectivity index (χ2n) is 2.06. The van der Waals surface area contributed by atoms with Gasteiger partial charge in [-0.1, -0.05) is 0 Å². The molecule has 0 amide bonds. The molecule has 0 heterocycles. The first-order valence-corrected chi connectivity index (χ1v) is 4.07. The molecule has 0 aromatic heterocycles. The molecule has 0 rings (SSSR count). The van der Waals surface area contributed by atoms with Crippen LogP contribution in [0.1, 0.15) is 13.8 Å². The molecule has 2 N–H and O–H groups in total. The minimum atomic E-state index is -0.380. The van der Waals surface area contributed by atoms with E-state index in [9.17, 15) is 0 Å². The quantitative estimate of drug-likeness (QED) is 0.544. The van der Waals surface area contributed by atoms with E-state index in [0.717, 1.165) is 0 Å². The number of hydrogen-bond acceptors (Lipinski definition) is 2. The minimum absolute atomic E-state index is 0.0440. The number of hydrogen-bond donors (Lipinski definition) is 2. The van der Waals surface area contributed by atoms with Crippen molar-refractivity contribution in [1.29, 1.82) is 0 Å². The third-order valence-electron chi connectivity index (χ3n) is 1.11. The Morgan fingerprint density at radius 1 is 1.12 bits per heavy atom. The summed E-state index contributed by atoms with van der Waals surface area (Å²) in [5.74, 6) is 0. The Bertz CT molecular complexity index is 55.4. The predicted molar refractivity (Wildman–Crippen MR) is 35.7 cm³/mol. The van der Waals surface area contributed by atoms with Gasteiger partial charge in [-0.05, 0) is 0 Å². The summed E-state index contributed by atoms with van der Waals surface area (Å²) in [6, 6.07) is 0. The first kappa shape index (κ1) is 8.48. The zero-order chi connectivity index (χ0) is 6.73. The fraction of sp³-hybridized carbons (Fsp3) is 1.00. The first-order valence-electron chi connectivity index (χ1n) is 2.67. The summed E-state index contributed by atoms with van der Waals surface area (Å²) in [5.41, 5.74) is 0. The normalized spacial score (nSPS) is 22.1. The number of rotatable bonds is 2. The van der Waals surface area contributed by atoms with Gasteiger partial charge in [0.1, 0.15) is 0 Å². The molecule has 3 heteroatoms. The van der Waals surface area contributed by atoms with Gasteiger partial charge in [-0.2, -0.15) is 0 Å².